The summed E-state index contributed by atoms with van der Waals surface area (Å²) in [5, 5.41) is 19.0. The zero-order valence-electron chi connectivity index (χ0n) is 19.4. The number of hydrogen-bond donors (Lipinski definition) is 2. The Hall–Kier alpha value is -3.54. The molecule has 0 fully saturated rings. The summed E-state index contributed by atoms with van der Waals surface area (Å²) in [6.07, 6.45) is 5.17. The molecule has 4 aromatic heterocycles. The van der Waals surface area contributed by atoms with E-state index < -0.39 is 5.91 Å². The first-order valence-corrected chi connectivity index (χ1v) is 11.8. The Morgan fingerprint density at radius 3 is 2.47 bits per heavy atom. The highest BCUT2D eigenvalue weighted by atomic mass is 79.9. The molecule has 4 heterocycles. The van der Waals surface area contributed by atoms with E-state index in [1.165, 1.54) is 0 Å². The summed E-state index contributed by atoms with van der Waals surface area (Å²) in [6, 6.07) is 3.38. The molecule has 2 amide bonds. The van der Waals surface area contributed by atoms with Crippen molar-refractivity contribution < 1.29 is 9.59 Å². The number of hydrogen-bond acceptors (Lipinski definition) is 6. The quantitative estimate of drug-likeness (QED) is 0.362. The van der Waals surface area contributed by atoms with Gasteiger partial charge in [-0.1, -0.05) is 13.8 Å². The molecule has 178 valence electrons. The van der Waals surface area contributed by atoms with Crippen molar-refractivity contribution in [1.29, 1.82) is 0 Å². The third-order valence-electron chi connectivity index (χ3n) is 5.09. The van der Waals surface area contributed by atoms with Gasteiger partial charge in [-0.3, -0.25) is 19.0 Å². The van der Waals surface area contributed by atoms with Crippen LogP contribution in [0.4, 0.5) is 5.69 Å². The lowest BCUT2D eigenvalue weighted by atomic mass is 10.2. The summed E-state index contributed by atoms with van der Waals surface area (Å²) in [6.45, 7) is 9.70. The zero-order valence-corrected chi connectivity index (χ0v) is 21.0. The van der Waals surface area contributed by atoms with Crippen molar-refractivity contribution in [3.8, 4) is 11.4 Å². The minimum Gasteiger partial charge on any atom is -0.350 e. The van der Waals surface area contributed by atoms with E-state index in [-0.39, 0.29) is 17.3 Å². The molecular formula is C22H26BrN9O2. The number of carbonyl (C=O) groups is 2. The number of nitrogens with zero attached hydrogens (tertiary/aromatic N) is 7. The van der Waals surface area contributed by atoms with Crippen LogP contribution < -0.4 is 10.6 Å². The Kier molecular flexibility index (Phi) is 6.77. The van der Waals surface area contributed by atoms with Gasteiger partial charge in [-0.25, -0.2) is 9.50 Å². The van der Waals surface area contributed by atoms with Crippen molar-refractivity contribution in [2.24, 2.45) is 5.92 Å². The summed E-state index contributed by atoms with van der Waals surface area (Å²) >= 11 is 3.54. The van der Waals surface area contributed by atoms with Gasteiger partial charge in [-0.15, -0.1) is 0 Å². The van der Waals surface area contributed by atoms with Crippen molar-refractivity contribution in [3.05, 3.63) is 46.6 Å². The molecule has 0 aliphatic rings. The monoisotopic (exact) mass is 527 g/mol. The van der Waals surface area contributed by atoms with Crippen molar-refractivity contribution in [2.45, 2.75) is 40.8 Å². The van der Waals surface area contributed by atoms with Crippen molar-refractivity contribution >= 4 is 39.1 Å². The SMILES string of the molecule is CCn1cc(NC(=O)c2cc3nccc(-c4nn(CC)cc4Br)n3n2)c(C(=O)NCC(C)C)n1. The molecule has 0 aliphatic heterocycles. The molecule has 0 atom stereocenters. The Labute approximate surface area is 204 Å². The zero-order chi connectivity index (χ0) is 24.4. The minimum absolute atomic E-state index is 0.156. The highest BCUT2D eigenvalue weighted by Crippen LogP contribution is 2.27. The maximum absolute atomic E-state index is 13.1. The topological polar surface area (TPSA) is 124 Å². The van der Waals surface area contributed by atoms with E-state index in [1.807, 2.05) is 33.9 Å². The van der Waals surface area contributed by atoms with E-state index in [4.69, 9.17) is 0 Å². The van der Waals surface area contributed by atoms with Gasteiger partial charge in [0, 0.05) is 44.3 Å². The predicted molar refractivity (Wildman–Crippen MR) is 131 cm³/mol. The first kappa shape index (κ1) is 23.6. The maximum Gasteiger partial charge on any atom is 0.276 e. The largest absolute Gasteiger partial charge is 0.350 e. The molecule has 0 aromatic carbocycles. The molecule has 4 aromatic rings. The number of aryl methyl sites for hydroxylation is 2. The molecule has 12 heteroatoms. The van der Waals surface area contributed by atoms with Gasteiger partial charge < -0.3 is 10.6 Å². The van der Waals surface area contributed by atoms with Gasteiger partial charge in [0.1, 0.15) is 5.69 Å². The molecule has 34 heavy (non-hydrogen) atoms. The molecule has 0 saturated carbocycles. The highest BCUT2D eigenvalue weighted by Gasteiger charge is 2.22. The maximum atomic E-state index is 13.1. The Morgan fingerprint density at radius 1 is 1.06 bits per heavy atom. The molecule has 0 saturated heterocycles. The average Bonchev–Trinajstić information content (AvgIpc) is 3.53. The van der Waals surface area contributed by atoms with Crippen LogP contribution in [-0.4, -0.2) is 52.5 Å². The van der Waals surface area contributed by atoms with E-state index >= 15 is 0 Å². The molecular weight excluding hydrogens is 502 g/mol. The highest BCUT2D eigenvalue weighted by molar-refractivity contribution is 9.10. The number of rotatable bonds is 8. The van der Waals surface area contributed by atoms with Crippen LogP contribution in [0.25, 0.3) is 17.0 Å². The molecule has 0 bridgehead atoms. The number of amides is 2. The molecule has 11 nitrogen and oxygen atoms in total. The fourth-order valence-electron chi connectivity index (χ4n) is 3.33. The van der Waals surface area contributed by atoms with Crippen molar-refractivity contribution in [1.82, 2.24) is 39.5 Å². The molecule has 0 spiro atoms. The van der Waals surface area contributed by atoms with Gasteiger partial charge in [0.2, 0.25) is 0 Å². The van der Waals surface area contributed by atoms with Crippen molar-refractivity contribution in [2.75, 3.05) is 11.9 Å². The number of aromatic nitrogens is 7. The van der Waals surface area contributed by atoms with Crippen LogP contribution in [0.5, 0.6) is 0 Å². The van der Waals surface area contributed by atoms with Gasteiger partial charge in [0.15, 0.2) is 17.0 Å². The third-order valence-corrected chi connectivity index (χ3v) is 5.67. The summed E-state index contributed by atoms with van der Waals surface area (Å²) in [5.41, 5.74) is 2.52. The minimum atomic E-state index is -0.469. The summed E-state index contributed by atoms with van der Waals surface area (Å²) in [7, 11) is 0. The number of halogens is 1. The van der Waals surface area contributed by atoms with Crippen LogP contribution in [0.15, 0.2) is 35.2 Å². The molecule has 0 radical (unpaired) electrons. The van der Waals surface area contributed by atoms with Crippen LogP contribution in [0.3, 0.4) is 0 Å². The number of fused-ring (bicyclic) bond motifs is 1. The fraction of sp³-hybridized carbons (Fsp3) is 0.364. The number of nitrogens with one attached hydrogen (secondary N) is 2. The van der Waals surface area contributed by atoms with Crippen LogP contribution in [0.1, 0.15) is 48.7 Å². The van der Waals surface area contributed by atoms with Crippen LogP contribution in [0.2, 0.25) is 0 Å². The predicted octanol–water partition coefficient (Wildman–Crippen LogP) is 3.23. The lowest BCUT2D eigenvalue weighted by Gasteiger charge is -2.07. The van der Waals surface area contributed by atoms with Gasteiger partial charge in [-0.2, -0.15) is 15.3 Å². The van der Waals surface area contributed by atoms with E-state index in [2.05, 4.69) is 46.8 Å². The van der Waals surface area contributed by atoms with E-state index in [9.17, 15) is 9.59 Å². The molecule has 2 N–H and O–H groups in total. The van der Waals surface area contributed by atoms with Gasteiger partial charge >= 0.3 is 0 Å². The second-order valence-corrected chi connectivity index (χ2v) is 8.97. The van der Waals surface area contributed by atoms with E-state index in [1.54, 1.807) is 38.4 Å². The van der Waals surface area contributed by atoms with Gasteiger partial charge in [0.25, 0.3) is 11.8 Å². The van der Waals surface area contributed by atoms with Gasteiger partial charge in [0.05, 0.1) is 15.9 Å². The number of anilines is 1. The Bertz CT molecular complexity index is 1350. The fourth-order valence-corrected chi connectivity index (χ4v) is 3.85. The average molecular weight is 528 g/mol. The standard InChI is InChI=1S/C22H26BrN9O2/c1-5-30-11-14(23)19(28-30)17-7-8-24-18-9-15(27-32(17)18)21(33)26-16-12-31(6-2)29-20(16)22(34)25-10-13(3)4/h7-9,11-13H,5-6,10H2,1-4H3,(H,25,34)(H,26,33). The Balaban J connectivity index is 1.64. The lowest BCUT2D eigenvalue weighted by Crippen LogP contribution is -2.28. The van der Waals surface area contributed by atoms with Crippen LogP contribution >= 0.6 is 15.9 Å². The lowest BCUT2D eigenvalue weighted by molar-refractivity contribution is 0.0944. The Morgan fingerprint density at radius 2 is 1.79 bits per heavy atom. The van der Waals surface area contributed by atoms with Crippen LogP contribution in [-0.2, 0) is 13.1 Å². The molecule has 4 rings (SSSR count). The van der Waals surface area contributed by atoms with Crippen molar-refractivity contribution in [3.63, 3.8) is 0 Å². The second kappa shape index (κ2) is 9.75. The first-order valence-electron chi connectivity index (χ1n) is 11.1. The second-order valence-electron chi connectivity index (χ2n) is 8.12. The van der Waals surface area contributed by atoms with Crippen LogP contribution in [0, 0.1) is 5.92 Å². The number of carbonyl (C=O) groups excluding carboxylic acids is 2. The summed E-state index contributed by atoms with van der Waals surface area (Å²) in [4.78, 5) is 30.0. The normalized spacial score (nSPS) is 11.4. The molecule has 0 aliphatic carbocycles. The smallest absolute Gasteiger partial charge is 0.276 e. The third kappa shape index (κ3) is 4.72. The first-order chi connectivity index (χ1) is 16.3. The summed E-state index contributed by atoms with van der Waals surface area (Å²) in [5.74, 6) is -0.520. The van der Waals surface area contributed by atoms with E-state index in [0.29, 0.717) is 41.7 Å². The summed E-state index contributed by atoms with van der Waals surface area (Å²) < 4.78 is 5.80. The van der Waals surface area contributed by atoms with E-state index in [0.717, 1.165) is 11.0 Å². The molecule has 0 unspecified atom stereocenters. The van der Waals surface area contributed by atoms with Gasteiger partial charge in [-0.05, 0) is 41.8 Å².